The molecule has 0 fully saturated rings. The van der Waals surface area contributed by atoms with Crippen LogP contribution >= 0.6 is 0 Å². The summed E-state index contributed by atoms with van der Waals surface area (Å²) in [5, 5.41) is 12.2. The Balaban J connectivity index is 3.16. The highest BCUT2D eigenvalue weighted by atomic mass is 32.2. The number of carbonyl (C=O) groups excluding carboxylic acids is 1. The molecule has 5 nitrogen and oxygen atoms in total. The first-order valence-electron chi connectivity index (χ1n) is 5.95. The summed E-state index contributed by atoms with van der Waals surface area (Å²) in [6, 6.07) is 3.86. The molecule has 0 aliphatic heterocycles. The third-order valence-corrected chi connectivity index (χ3v) is 4.37. The molecule has 0 spiro atoms. The van der Waals surface area contributed by atoms with Crippen LogP contribution in [0.3, 0.4) is 0 Å². The second-order valence-electron chi connectivity index (χ2n) is 5.29. The molecule has 0 heterocycles. The third-order valence-electron chi connectivity index (χ3n) is 2.64. The van der Waals surface area contributed by atoms with E-state index in [9.17, 15) is 18.3 Å². The van der Waals surface area contributed by atoms with Gasteiger partial charge >= 0.3 is 0 Å². The smallest absolute Gasteiger partial charge is 0.229 e. The third kappa shape index (κ3) is 3.70. The average molecular weight is 285 g/mol. The number of aromatic hydroxyl groups is 1. The molecule has 0 saturated heterocycles. The van der Waals surface area contributed by atoms with E-state index in [0.717, 1.165) is 0 Å². The number of phenols is 1. The number of rotatable bonds is 3. The van der Waals surface area contributed by atoms with Crippen LogP contribution < -0.4 is 5.32 Å². The Morgan fingerprint density at radius 3 is 2.37 bits per heavy atom. The van der Waals surface area contributed by atoms with E-state index in [4.69, 9.17) is 0 Å². The fourth-order valence-electron chi connectivity index (χ4n) is 1.29. The second kappa shape index (κ2) is 5.21. The predicted molar refractivity (Wildman–Crippen MR) is 73.9 cm³/mol. The lowest BCUT2D eigenvalue weighted by atomic mass is 9.95. The molecule has 0 unspecified atom stereocenters. The maximum atomic E-state index is 11.8. The fraction of sp³-hybridized carbons (Fsp3) is 0.462. The lowest BCUT2D eigenvalue weighted by Gasteiger charge is -2.18. The largest absolute Gasteiger partial charge is 0.506 e. The highest BCUT2D eigenvalue weighted by molar-refractivity contribution is 7.91. The van der Waals surface area contributed by atoms with Gasteiger partial charge in [0.15, 0.2) is 9.84 Å². The Morgan fingerprint density at radius 2 is 1.89 bits per heavy atom. The maximum Gasteiger partial charge on any atom is 0.229 e. The molecule has 0 aromatic heterocycles. The van der Waals surface area contributed by atoms with Crippen LogP contribution in [0.25, 0.3) is 0 Å². The highest BCUT2D eigenvalue weighted by Crippen LogP contribution is 2.28. The van der Waals surface area contributed by atoms with E-state index in [1.807, 2.05) is 0 Å². The molecular formula is C13H19NO4S. The van der Waals surface area contributed by atoms with Gasteiger partial charge in [0.1, 0.15) is 5.75 Å². The Labute approximate surface area is 113 Å². The van der Waals surface area contributed by atoms with Gasteiger partial charge in [-0.25, -0.2) is 8.42 Å². The number of hydrogen-bond donors (Lipinski definition) is 2. The van der Waals surface area contributed by atoms with Crippen LogP contribution in [0.2, 0.25) is 0 Å². The van der Waals surface area contributed by atoms with Crippen LogP contribution in [-0.2, 0) is 14.6 Å². The van der Waals surface area contributed by atoms with E-state index >= 15 is 0 Å². The molecule has 0 atom stereocenters. The molecule has 6 heteroatoms. The van der Waals surface area contributed by atoms with Crippen molar-refractivity contribution in [3.05, 3.63) is 18.2 Å². The van der Waals surface area contributed by atoms with Crippen molar-refractivity contribution in [2.24, 2.45) is 5.41 Å². The van der Waals surface area contributed by atoms with Gasteiger partial charge < -0.3 is 10.4 Å². The number of amides is 1. The molecular weight excluding hydrogens is 266 g/mol. The molecule has 1 amide bonds. The molecule has 0 bridgehead atoms. The summed E-state index contributed by atoms with van der Waals surface area (Å²) in [4.78, 5) is 11.9. The lowest BCUT2D eigenvalue weighted by Crippen LogP contribution is -2.27. The second-order valence-corrected chi connectivity index (χ2v) is 7.56. The van der Waals surface area contributed by atoms with Crippen LogP contribution in [-0.4, -0.2) is 25.2 Å². The van der Waals surface area contributed by atoms with Crippen LogP contribution in [0.4, 0.5) is 5.69 Å². The van der Waals surface area contributed by atoms with Crippen molar-refractivity contribution in [1.29, 1.82) is 0 Å². The summed E-state index contributed by atoms with van der Waals surface area (Å²) in [5.41, 5.74) is -0.527. The number of carbonyl (C=O) groups is 1. The van der Waals surface area contributed by atoms with Crippen molar-refractivity contribution in [3.8, 4) is 5.75 Å². The van der Waals surface area contributed by atoms with E-state index < -0.39 is 15.3 Å². The average Bonchev–Trinajstić information content (AvgIpc) is 2.30. The van der Waals surface area contributed by atoms with Crippen molar-refractivity contribution in [2.45, 2.75) is 32.6 Å². The van der Waals surface area contributed by atoms with E-state index in [1.54, 1.807) is 20.8 Å². The van der Waals surface area contributed by atoms with E-state index in [2.05, 4.69) is 5.32 Å². The molecule has 2 N–H and O–H groups in total. The summed E-state index contributed by atoms with van der Waals surface area (Å²) in [7, 11) is -3.37. The summed E-state index contributed by atoms with van der Waals surface area (Å²) in [6.07, 6.45) is 0. The summed E-state index contributed by atoms with van der Waals surface area (Å²) < 4.78 is 23.5. The summed E-state index contributed by atoms with van der Waals surface area (Å²) in [5.74, 6) is -0.494. The topological polar surface area (TPSA) is 83.5 Å². The van der Waals surface area contributed by atoms with Gasteiger partial charge in [-0.05, 0) is 18.2 Å². The van der Waals surface area contributed by atoms with Gasteiger partial charge in [0.05, 0.1) is 16.3 Å². The number of anilines is 1. The van der Waals surface area contributed by atoms with Gasteiger partial charge in [-0.15, -0.1) is 0 Å². The highest BCUT2D eigenvalue weighted by Gasteiger charge is 2.23. The number of benzene rings is 1. The zero-order valence-corrected chi connectivity index (χ0v) is 12.3. The predicted octanol–water partition coefficient (Wildman–Crippen LogP) is 2.17. The van der Waals surface area contributed by atoms with E-state index in [1.165, 1.54) is 25.1 Å². The number of nitrogens with one attached hydrogen (secondary N) is 1. The SMILES string of the molecule is CCS(=O)(=O)c1ccc(O)c(NC(=O)C(C)(C)C)c1. The quantitative estimate of drug-likeness (QED) is 0.834. The van der Waals surface area contributed by atoms with Gasteiger partial charge in [0.25, 0.3) is 0 Å². The Bertz CT molecular complexity index is 585. The zero-order valence-electron chi connectivity index (χ0n) is 11.5. The van der Waals surface area contributed by atoms with Crippen LogP contribution in [0.5, 0.6) is 5.75 Å². The molecule has 1 rings (SSSR count). The minimum atomic E-state index is -3.37. The number of sulfone groups is 1. The lowest BCUT2D eigenvalue weighted by molar-refractivity contribution is -0.123. The van der Waals surface area contributed by atoms with Crippen molar-refractivity contribution in [1.82, 2.24) is 0 Å². The minimum Gasteiger partial charge on any atom is -0.506 e. The van der Waals surface area contributed by atoms with Gasteiger partial charge in [0.2, 0.25) is 5.91 Å². The van der Waals surface area contributed by atoms with Crippen molar-refractivity contribution < 1.29 is 18.3 Å². The van der Waals surface area contributed by atoms with Crippen molar-refractivity contribution in [3.63, 3.8) is 0 Å². The summed E-state index contributed by atoms with van der Waals surface area (Å²) >= 11 is 0. The van der Waals surface area contributed by atoms with Gasteiger partial charge in [-0.2, -0.15) is 0 Å². The Hall–Kier alpha value is -1.56. The normalized spacial score (nSPS) is 12.2. The molecule has 0 radical (unpaired) electrons. The van der Waals surface area contributed by atoms with E-state index in [-0.39, 0.29) is 28.0 Å². The minimum absolute atomic E-state index is 0.0373. The zero-order chi connectivity index (χ0) is 14.8. The molecule has 0 aliphatic carbocycles. The maximum absolute atomic E-state index is 11.8. The molecule has 1 aromatic carbocycles. The van der Waals surface area contributed by atoms with Crippen LogP contribution in [0.15, 0.2) is 23.1 Å². The Morgan fingerprint density at radius 1 is 1.32 bits per heavy atom. The molecule has 1 aromatic rings. The molecule has 0 saturated carbocycles. The summed E-state index contributed by atoms with van der Waals surface area (Å²) in [6.45, 7) is 6.72. The first-order chi connectivity index (χ1) is 8.58. The molecule has 19 heavy (non-hydrogen) atoms. The van der Waals surface area contributed by atoms with Crippen LogP contribution in [0.1, 0.15) is 27.7 Å². The van der Waals surface area contributed by atoms with Gasteiger partial charge in [-0.3, -0.25) is 4.79 Å². The first-order valence-corrected chi connectivity index (χ1v) is 7.60. The Kier molecular flexibility index (Phi) is 4.25. The fourth-order valence-corrected chi connectivity index (χ4v) is 2.19. The molecule has 0 aliphatic rings. The van der Waals surface area contributed by atoms with Gasteiger partial charge in [-0.1, -0.05) is 27.7 Å². The monoisotopic (exact) mass is 285 g/mol. The standard InChI is InChI=1S/C13H19NO4S/c1-5-19(17,18)9-6-7-11(15)10(8-9)14-12(16)13(2,3)4/h6-8,15H,5H2,1-4H3,(H,14,16). The van der Waals surface area contributed by atoms with Crippen molar-refractivity contribution in [2.75, 3.05) is 11.1 Å². The van der Waals surface area contributed by atoms with Crippen LogP contribution in [0, 0.1) is 5.41 Å². The van der Waals surface area contributed by atoms with E-state index in [0.29, 0.717) is 0 Å². The molecule has 106 valence electrons. The first kappa shape index (κ1) is 15.5. The number of phenolic OH excluding ortho intramolecular Hbond substituents is 1. The van der Waals surface area contributed by atoms with Gasteiger partial charge in [0, 0.05) is 5.41 Å². The number of hydrogen-bond acceptors (Lipinski definition) is 4. The van der Waals surface area contributed by atoms with Crippen molar-refractivity contribution >= 4 is 21.4 Å².